The normalized spacial score (nSPS) is 22.1. The molecule has 0 aliphatic carbocycles. The maximum absolute atomic E-state index is 14.9. The Morgan fingerprint density at radius 2 is 0.685 bits per heavy atom. The van der Waals surface area contributed by atoms with Gasteiger partial charge in [-0.1, -0.05) is 276 Å². The van der Waals surface area contributed by atoms with Gasteiger partial charge in [-0.05, 0) is 121 Å². The first-order valence-electron chi connectivity index (χ1n) is 40.5. The molecule has 0 radical (unpaired) electrons. The summed E-state index contributed by atoms with van der Waals surface area (Å²) in [6.07, 6.45) is 5.43. The summed E-state index contributed by atoms with van der Waals surface area (Å²) in [7, 11) is 0. The predicted octanol–water partition coefficient (Wildman–Crippen LogP) is 18.3. The van der Waals surface area contributed by atoms with Crippen LogP contribution in [0.3, 0.4) is 0 Å². The lowest BCUT2D eigenvalue weighted by Gasteiger charge is -2.48. The third-order valence-corrected chi connectivity index (χ3v) is 21.1. The number of esters is 5. The zero-order chi connectivity index (χ0) is 77.6. The monoisotopic (exact) mass is 1500 g/mol. The molecule has 2 saturated heterocycles. The van der Waals surface area contributed by atoms with E-state index < -0.39 is 111 Å². The molecule has 0 aromatic heterocycles. The largest absolute Gasteiger partial charge is 0.459 e. The van der Waals surface area contributed by atoms with Gasteiger partial charge in [0.1, 0.15) is 37.1 Å². The Labute approximate surface area is 644 Å². The van der Waals surface area contributed by atoms with E-state index in [0.29, 0.717) is 36.9 Å². The van der Waals surface area contributed by atoms with Crippen molar-refractivity contribution < 1.29 is 86.3 Å². The first kappa shape index (κ1) is 88.3. The molecule has 17 unspecified atom stereocenters. The molecule has 5 aromatic rings. The molecular weight excluding hydrogens is 1370 g/mol. The highest BCUT2D eigenvalue weighted by Crippen LogP contribution is 2.37. The van der Waals surface area contributed by atoms with Gasteiger partial charge in [0, 0.05) is 13.2 Å². The zero-order valence-corrected chi connectivity index (χ0v) is 66.2. The number of rotatable bonds is 50. The summed E-state index contributed by atoms with van der Waals surface area (Å²) in [5.74, 6) is 0.637. The molecule has 0 bridgehead atoms. The van der Waals surface area contributed by atoms with Crippen molar-refractivity contribution in [2.24, 2.45) is 47.3 Å². The summed E-state index contributed by atoms with van der Waals surface area (Å²) in [6, 6.07) is 40.2. The molecule has 0 saturated carbocycles. The van der Waals surface area contributed by atoms with E-state index in [1.165, 1.54) is 120 Å². The SMILES string of the molecule is CC(C)CCCC(C)CCCC(C)CCCC(C)CCOCC(COC1OC(COC(=O)c2ccccc2)C(OC2OC(CO)C(O)C(OC(=O)c3ccccc3)C2OC(=O)c2ccccc2)C(OC(=O)c2ccccc2)C1OC(=O)c1ccccc1)OCCC(C)CCCC(C)CCCC(C)CCCC(C)C. The summed E-state index contributed by atoms with van der Waals surface area (Å²) in [5.41, 5.74) is 0.504. The molecule has 2 aliphatic rings. The molecule has 18 heteroatoms. The molecule has 7 rings (SSSR count). The highest BCUT2D eigenvalue weighted by molar-refractivity contribution is 5.92. The molecule has 2 aliphatic heterocycles. The fourth-order valence-corrected chi connectivity index (χ4v) is 14.2. The molecule has 2 N–H and O–H groups in total. The van der Waals surface area contributed by atoms with Crippen LogP contribution in [0.1, 0.15) is 249 Å². The second-order valence-corrected chi connectivity index (χ2v) is 31.8. The topological polar surface area (TPSA) is 227 Å². The predicted molar refractivity (Wildman–Crippen MR) is 418 cm³/mol. The number of ether oxygens (including phenoxy) is 11. The molecule has 2 fully saturated rings. The van der Waals surface area contributed by atoms with Crippen molar-refractivity contribution >= 4 is 29.8 Å². The number of carbonyl (C=O) groups is 5. The maximum atomic E-state index is 14.9. The number of carbonyl (C=O) groups excluding carboxylic acids is 5. The Bertz CT molecular complexity index is 3290. The first-order valence-corrected chi connectivity index (χ1v) is 40.5. The van der Waals surface area contributed by atoms with E-state index >= 15 is 0 Å². The van der Waals surface area contributed by atoms with E-state index in [9.17, 15) is 34.2 Å². The van der Waals surface area contributed by atoms with Gasteiger partial charge in [0.2, 0.25) is 0 Å². The van der Waals surface area contributed by atoms with Crippen LogP contribution in [0.5, 0.6) is 0 Å². The van der Waals surface area contributed by atoms with Crippen molar-refractivity contribution in [2.45, 2.75) is 265 Å². The summed E-state index contributed by atoms with van der Waals surface area (Å²) in [6.45, 7) is 22.5. The molecule has 5 aromatic carbocycles. The number of benzene rings is 5. The van der Waals surface area contributed by atoms with Gasteiger partial charge < -0.3 is 62.3 Å². The minimum atomic E-state index is -1.95. The summed E-state index contributed by atoms with van der Waals surface area (Å²) in [5, 5.41) is 23.0. The van der Waals surface area contributed by atoms with Crippen molar-refractivity contribution in [3.63, 3.8) is 0 Å². The second-order valence-electron chi connectivity index (χ2n) is 31.8. The third kappa shape index (κ3) is 31.5. The zero-order valence-electron chi connectivity index (χ0n) is 66.2. The van der Waals surface area contributed by atoms with Crippen LogP contribution >= 0.6 is 0 Å². The van der Waals surface area contributed by atoms with Crippen LogP contribution in [0.2, 0.25) is 0 Å². The second kappa shape index (κ2) is 48.7. The highest BCUT2D eigenvalue weighted by Gasteiger charge is 2.57. The molecule has 108 heavy (non-hydrogen) atoms. The van der Waals surface area contributed by atoms with Crippen LogP contribution in [0.25, 0.3) is 0 Å². The van der Waals surface area contributed by atoms with Crippen molar-refractivity contribution in [1.29, 1.82) is 0 Å². The lowest BCUT2D eigenvalue weighted by molar-refractivity contribution is -0.358. The van der Waals surface area contributed by atoms with Gasteiger partial charge in [-0.25, -0.2) is 24.0 Å². The van der Waals surface area contributed by atoms with Crippen molar-refractivity contribution in [3.8, 4) is 0 Å². The molecule has 0 amide bonds. The van der Waals surface area contributed by atoms with Crippen molar-refractivity contribution in [3.05, 3.63) is 179 Å². The van der Waals surface area contributed by atoms with E-state index in [-0.39, 0.29) is 41.0 Å². The Hall–Kier alpha value is -6.87. The number of hydrogen-bond acceptors (Lipinski definition) is 18. The van der Waals surface area contributed by atoms with Gasteiger partial charge in [0.05, 0.1) is 47.6 Å². The van der Waals surface area contributed by atoms with E-state index in [1.54, 1.807) is 115 Å². The Balaban J connectivity index is 1.18. The number of hydrogen-bond donors (Lipinski definition) is 2. The van der Waals surface area contributed by atoms with Gasteiger partial charge in [0.15, 0.2) is 37.0 Å². The third-order valence-electron chi connectivity index (χ3n) is 21.1. The Morgan fingerprint density at radius 1 is 0.361 bits per heavy atom. The number of aliphatic hydroxyl groups excluding tert-OH is 2. The Morgan fingerprint density at radius 3 is 1.06 bits per heavy atom. The average molecular weight is 1500 g/mol. The minimum absolute atomic E-state index is 0.0575. The quantitative estimate of drug-likeness (QED) is 0.0210. The molecule has 18 nitrogen and oxygen atoms in total. The van der Waals surface area contributed by atoms with Crippen molar-refractivity contribution in [2.75, 3.05) is 39.6 Å². The van der Waals surface area contributed by atoms with Crippen LogP contribution in [-0.4, -0.2) is 147 Å². The van der Waals surface area contributed by atoms with Crippen LogP contribution in [0.15, 0.2) is 152 Å². The highest BCUT2D eigenvalue weighted by atomic mass is 16.8. The van der Waals surface area contributed by atoms with Gasteiger partial charge in [-0.15, -0.1) is 0 Å². The maximum Gasteiger partial charge on any atom is 0.338 e. The van der Waals surface area contributed by atoms with Crippen LogP contribution < -0.4 is 0 Å². The van der Waals surface area contributed by atoms with E-state index in [2.05, 4.69) is 69.2 Å². The van der Waals surface area contributed by atoms with Gasteiger partial charge in [-0.3, -0.25) is 0 Å². The van der Waals surface area contributed by atoms with Crippen LogP contribution in [0, 0.1) is 47.3 Å². The standard InChI is InChI=1S/C90H128O18/c1-62(2)32-26-34-64(5)36-28-38-66(7)40-30-42-68(9)54-56-98-59-75(99-57-55-69(10)43-31-41-67(8)39-29-37-65(6)35-27-33-63(3)4)60-101-89-83(107-88(97)74-52-24-15-25-53-74)81(105-86(95)72-48-20-13-21-49-72)79(77(103-89)61-100-84(93)70-44-16-11-17-45-70)108-90-82(106-87(96)73-50-22-14-23-51-73)80(78(92)76(58-91)102-90)104-85(94)71-46-18-12-19-47-71/h11-25,44-53,62-69,75-83,89-92H,26-43,54-61H2,1-10H3. The van der Waals surface area contributed by atoms with Crippen molar-refractivity contribution in [1.82, 2.24) is 0 Å². The Kier molecular flexibility index (Phi) is 39.8. The summed E-state index contributed by atoms with van der Waals surface area (Å²) < 4.78 is 71.9. The molecule has 0 spiro atoms. The van der Waals surface area contributed by atoms with Gasteiger partial charge >= 0.3 is 29.8 Å². The van der Waals surface area contributed by atoms with Gasteiger partial charge in [-0.2, -0.15) is 0 Å². The van der Waals surface area contributed by atoms with E-state index in [1.807, 2.05) is 0 Å². The summed E-state index contributed by atoms with van der Waals surface area (Å²) >= 11 is 0. The van der Waals surface area contributed by atoms with E-state index in [0.717, 1.165) is 68.6 Å². The molecule has 2 heterocycles. The lowest BCUT2D eigenvalue weighted by atomic mass is 9.91. The molecular formula is C90H128O18. The van der Waals surface area contributed by atoms with E-state index in [4.69, 9.17) is 52.1 Å². The lowest BCUT2D eigenvalue weighted by Crippen LogP contribution is -2.67. The summed E-state index contributed by atoms with van der Waals surface area (Å²) in [4.78, 5) is 72.3. The molecule has 17 atom stereocenters. The fourth-order valence-electron chi connectivity index (χ4n) is 14.2. The minimum Gasteiger partial charge on any atom is -0.459 e. The smallest absolute Gasteiger partial charge is 0.338 e. The van der Waals surface area contributed by atoms with Crippen LogP contribution in [0.4, 0.5) is 0 Å². The first-order chi connectivity index (χ1) is 52.1. The molecule has 596 valence electrons. The van der Waals surface area contributed by atoms with Crippen LogP contribution in [-0.2, 0) is 52.1 Å². The average Bonchev–Trinajstić information content (AvgIpc) is 0.768. The number of aliphatic hydroxyl groups is 2. The fraction of sp³-hybridized carbons (Fsp3) is 0.611. The van der Waals surface area contributed by atoms with Gasteiger partial charge in [0.25, 0.3) is 0 Å².